The molecule has 0 spiro atoms. The molecule has 144 heavy (non-hydrogen) atoms. The number of hydrogen-bond donors (Lipinski definition) is 22. The van der Waals surface area contributed by atoms with E-state index in [1.807, 2.05) is 29.6 Å². The van der Waals surface area contributed by atoms with Gasteiger partial charge in [0.15, 0.2) is 23.4 Å². The van der Waals surface area contributed by atoms with Gasteiger partial charge in [0.25, 0.3) is 23.3 Å². The maximum absolute atomic E-state index is 14.3. The Morgan fingerprint density at radius 1 is 0.639 bits per heavy atom. The minimum Gasteiger partial charge on any atom is -0.497 e. The summed E-state index contributed by atoms with van der Waals surface area (Å²) in [5, 5.41) is 86.9. The fourth-order valence-electron chi connectivity index (χ4n) is 15.4. The Hall–Kier alpha value is -17.2. The molecule has 6 aromatic carbocycles. The van der Waals surface area contributed by atoms with E-state index in [0.29, 0.717) is 90.2 Å². The molecule has 0 aliphatic carbocycles. The molecule has 12 amide bonds. The lowest BCUT2D eigenvalue weighted by molar-refractivity contribution is -0.155. The molecule has 2 aliphatic heterocycles. The van der Waals surface area contributed by atoms with Crippen LogP contribution < -0.4 is 90.0 Å². The van der Waals surface area contributed by atoms with Crippen molar-refractivity contribution in [2.75, 3.05) is 78.2 Å². The second kappa shape index (κ2) is 48.6. The molecule has 0 bridgehead atoms. The van der Waals surface area contributed by atoms with Crippen molar-refractivity contribution in [1.29, 1.82) is 5.41 Å². The van der Waals surface area contributed by atoms with Crippen molar-refractivity contribution in [1.82, 2.24) is 77.4 Å². The van der Waals surface area contributed by atoms with Gasteiger partial charge in [0, 0.05) is 124 Å². The van der Waals surface area contributed by atoms with Crippen molar-refractivity contribution in [3.05, 3.63) is 178 Å². The van der Waals surface area contributed by atoms with Crippen LogP contribution in [0.1, 0.15) is 132 Å². The average molecular weight is 2030 g/mol. The number of halogens is 1. The molecule has 0 saturated carbocycles. The van der Waals surface area contributed by atoms with Gasteiger partial charge in [-0.3, -0.25) is 87.2 Å². The Morgan fingerprint density at radius 2 is 1.23 bits per heavy atom. The number of urea groups is 1. The Morgan fingerprint density at radius 3 is 1.85 bits per heavy atom. The summed E-state index contributed by atoms with van der Waals surface area (Å²) in [5.74, 6) is -19.9. The molecular formula is C92H98ClN23O27S. The van der Waals surface area contributed by atoms with Gasteiger partial charge in [-0.1, -0.05) is 36.4 Å². The Kier molecular flexibility index (Phi) is 35.6. The predicted octanol–water partition coefficient (Wildman–Crippen LogP) is 3.53. The second-order valence-corrected chi connectivity index (χ2v) is 34.4. The predicted molar refractivity (Wildman–Crippen MR) is 518 cm³/mol. The molecule has 2 aliphatic rings. The summed E-state index contributed by atoms with van der Waals surface area (Å²) in [4.78, 5) is 261. The molecule has 10 aromatic rings. The molecule has 9 atom stereocenters. The number of benzene rings is 6. The smallest absolute Gasteiger partial charge is 0.339 e. The van der Waals surface area contributed by atoms with Crippen LogP contribution in [0.3, 0.4) is 0 Å². The SMILES string of the molecule is COc1ccc(C(OCC/C(C)=N\NC(=O)Nc2ccc3[nH]c(C(=O)Nc4ccc5[nH]c(C(=O)N6CC(CCl)c7c6cc(OC(C)=O)c6ccccc76)cc5c4)cc3c2)OCCN2C(=O)CC(SC[C@@H](NC(=O)[C@H](CC(=O)O)NC(=O)[C@H](CC(=O)O)NC(=O)[C@H](CCCNC(=N)N)NC(=O)[C@H](CC(=O)O)NC(=O)CC[C@H](NC(=O)c3ccc(NCc4cnc5nc(N)[nH]c(=O)c5n4)cc3)C(=O)O)C(=O)O)C2=O)cc1. The van der Waals surface area contributed by atoms with Crippen LogP contribution in [-0.4, -0.2) is 266 Å². The number of nitrogens with two attached hydrogens (primary N) is 2. The zero-order valence-electron chi connectivity index (χ0n) is 76.8. The molecule has 52 heteroatoms. The number of imide groups is 1. The zero-order chi connectivity index (χ0) is 104. The van der Waals surface area contributed by atoms with Crippen molar-refractivity contribution in [2.45, 2.75) is 132 Å². The minimum absolute atomic E-state index is 0.0183. The number of aromatic amines is 3. The maximum Gasteiger partial charge on any atom is 0.339 e. The summed E-state index contributed by atoms with van der Waals surface area (Å²) in [6, 6.07) is 21.6. The van der Waals surface area contributed by atoms with Gasteiger partial charge >= 0.3 is 41.8 Å². The lowest BCUT2D eigenvalue weighted by atomic mass is 9.95. The average Bonchev–Trinajstić information content (AvgIpc) is 1.58. The first-order valence-electron chi connectivity index (χ1n) is 44.2. The lowest BCUT2D eigenvalue weighted by Crippen LogP contribution is -2.59. The van der Waals surface area contributed by atoms with Gasteiger partial charge in [-0.2, -0.15) is 10.1 Å². The summed E-state index contributed by atoms with van der Waals surface area (Å²) < 4.78 is 23.1. The number of aromatic nitrogens is 6. The van der Waals surface area contributed by atoms with E-state index >= 15 is 0 Å². The molecule has 3 unspecified atom stereocenters. The van der Waals surface area contributed by atoms with Gasteiger partial charge in [-0.05, 0) is 122 Å². The van der Waals surface area contributed by atoms with Gasteiger partial charge in [-0.25, -0.2) is 29.8 Å². The third-order valence-electron chi connectivity index (χ3n) is 22.4. The number of carboxylic acids is 5. The number of carbonyl (C=O) groups is 17. The molecule has 12 rings (SSSR count). The molecule has 1 saturated heterocycles. The molecule has 24 N–H and O–H groups in total. The highest BCUT2D eigenvalue weighted by Crippen LogP contribution is 2.46. The maximum atomic E-state index is 14.3. The van der Waals surface area contributed by atoms with Crippen LogP contribution in [0, 0.1) is 5.41 Å². The molecule has 50 nitrogen and oxygen atoms in total. The first kappa shape index (κ1) is 106. The number of guanidine groups is 1. The van der Waals surface area contributed by atoms with E-state index in [2.05, 4.69) is 88.3 Å². The van der Waals surface area contributed by atoms with E-state index in [0.717, 1.165) is 15.8 Å². The standard InChI is InChI=1S/C92H98ClN23O27S/c1-43(113-114-92(139)102-52-17-21-57-47(30-52)31-61(103-57)80(128)101-51-16-20-58-48(29-51)32-65(104-58)85(133)116-41-49(38-93)75-56-8-5-4-7-55(56)68(36-67(75)116)143-44(2)117)24-27-141-89(46-12-18-54(140-3)19-13-46)142-28-26-115-71(119)37-69(86(115)134)144-42-66(88(137)138)110-83(131)64(35-74(124)125)109-82(130)63(34-73(122)123)108-79(127)59(9-6-25-97-90(94)95)106-81(129)62(33-72(120)121)105-70(118)23-22-60(87(135)136)107-78(126)45-10-14-50(15-11-45)98-39-53-40-99-77-76(100-53)84(132)112-91(96)111-77/h4-5,7-8,10-21,29-32,36,40,49,59-60,62-64,66,69,89,98,103-104H,6,9,22-28,33-35,37-39,41-42H2,1-3H3,(H,101,128)(H,105,118)(H,106,129)(H,107,126)(H,108,127)(H,109,130)(H,110,131)(H,120,121)(H,122,123)(H,124,125)(H,135,136)(H,137,138)(H4,94,95,97)(H2,102,114,139)(H3,96,99,111,112,132)/b113-43-/t49?,59-,60-,62-,63-,64-,66+,69?,89?/m0/s1. The Labute approximate surface area is 823 Å². The number of nitrogens with one attached hydrogen (secondary N) is 15. The van der Waals surface area contributed by atoms with Gasteiger partial charge in [0.1, 0.15) is 59.1 Å². The summed E-state index contributed by atoms with van der Waals surface area (Å²) in [5.41, 5.74) is 18.2. The van der Waals surface area contributed by atoms with Crippen molar-refractivity contribution in [2.24, 2.45) is 10.8 Å². The van der Waals surface area contributed by atoms with E-state index < -0.39 is 205 Å². The van der Waals surface area contributed by atoms with Crippen molar-refractivity contribution >= 4 is 208 Å². The molecule has 6 heterocycles. The number of rotatable bonds is 49. The number of carbonyl (C=O) groups excluding carboxylic acids is 12. The number of amides is 12. The van der Waals surface area contributed by atoms with Crippen LogP contribution in [-0.2, 0) is 78.3 Å². The highest BCUT2D eigenvalue weighted by atomic mass is 35.5. The van der Waals surface area contributed by atoms with Gasteiger partial charge in [0.2, 0.25) is 47.3 Å². The molecule has 4 aromatic heterocycles. The minimum atomic E-state index is -2.26. The van der Waals surface area contributed by atoms with Gasteiger partial charge in [-0.15, -0.1) is 23.4 Å². The fraction of sp³-hybridized carbons (Fsp3) is 0.315. The number of fused-ring (bicyclic) bond motifs is 6. The summed E-state index contributed by atoms with van der Waals surface area (Å²) in [6.07, 6.45) is -6.01. The number of nitrogen functional groups attached to an aromatic ring is 1. The van der Waals surface area contributed by atoms with E-state index in [4.69, 9.17) is 47.4 Å². The summed E-state index contributed by atoms with van der Waals surface area (Å²) in [6.45, 7) is 2.34. The van der Waals surface area contributed by atoms with Crippen molar-refractivity contribution in [3.63, 3.8) is 0 Å². The van der Waals surface area contributed by atoms with Crippen LogP contribution in [0.5, 0.6) is 11.5 Å². The first-order valence-corrected chi connectivity index (χ1v) is 45.8. The van der Waals surface area contributed by atoms with Crippen molar-refractivity contribution < 1.29 is 126 Å². The van der Waals surface area contributed by atoms with E-state index in [1.165, 1.54) is 44.5 Å². The number of hydrazone groups is 1. The molecule has 1 fully saturated rings. The number of H-pyrrole nitrogens is 3. The number of thioether (sulfide) groups is 1. The van der Waals surface area contributed by atoms with Crippen LogP contribution in [0.4, 0.5) is 33.5 Å². The number of methoxy groups -OCH3 is 1. The molecular weight excluding hydrogens is 1930 g/mol. The summed E-state index contributed by atoms with van der Waals surface area (Å²) in [7, 11) is 1.45. The largest absolute Gasteiger partial charge is 0.497 e. The van der Waals surface area contributed by atoms with Crippen LogP contribution in [0.2, 0.25) is 0 Å². The number of hydrogen-bond acceptors (Lipinski definition) is 30. The molecule has 0 radical (unpaired) electrons. The van der Waals surface area contributed by atoms with Crippen LogP contribution in [0.25, 0.3) is 43.7 Å². The molecule has 756 valence electrons. The van der Waals surface area contributed by atoms with E-state index in [9.17, 15) is 112 Å². The number of nitrogens with zero attached hydrogens (tertiary/aromatic N) is 6. The number of anilines is 5. The number of aliphatic carboxylic acids is 5. The number of ether oxygens (including phenoxy) is 4. The Bertz CT molecular complexity index is 6760. The second-order valence-electron chi connectivity index (χ2n) is 32.9. The number of likely N-dealkylation sites (tertiary alicyclic amines) is 1. The third-order valence-corrected chi connectivity index (χ3v) is 24.1. The van der Waals surface area contributed by atoms with Crippen LogP contribution in [0.15, 0.2) is 143 Å². The van der Waals surface area contributed by atoms with Crippen molar-refractivity contribution in [3.8, 4) is 11.5 Å². The topological polar surface area (TPSA) is 758 Å². The van der Waals surface area contributed by atoms with E-state index in [-0.39, 0.29) is 104 Å². The number of esters is 1. The first-order chi connectivity index (χ1) is 68.7. The van der Waals surface area contributed by atoms with Gasteiger partial charge in [0.05, 0.1) is 75.5 Å². The third kappa shape index (κ3) is 28.3. The zero-order valence-corrected chi connectivity index (χ0v) is 78.3. The number of carboxylic acid groups (broad SMARTS) is 5. The van der Waals surface area contributed by atoms with E-state index in [1.54, 1.807) is 90.7 Å². The fourth-order valence-corrected chi connectivity index (χ4v) is 16.8. The monoisotopic (exact) mass is 2020 g/mol. The van der Waals surface area contributed by atoms with Gasteiger partial charge < -0.3 is 124 Å². The highest BCUT2D eigenvalue weighted by Gasteiger charge is 2.42. The number of alkyl halides is 1. The summed E-state index contributed by atoms with van der Waals surface area (Å²) >= 11 is 7.11. The normalized spacial score (nSPS) is 14.8. The Balaban J connectivity index is 0.593. The highest BCUT2D eigenvalue weighted by molar-refractivity contribution is 8.00. The lowest BCUT2D eigenvalue weighted by Gasteiger charge is -2.26. The quantitative estimate of drug-likeness (QED) is 0.00298. The van der Waals surface area contributed by atoms with Crippen LogP contribution >= 0.6 is 23.4 Å².